The Balaban J connectivity index is 2.49. The van der Waals surface area contributed by atoms with Crippen molar-refractivity contribution in [2.45, 2.75) is 32.4 Å². The van der Waals surface area contributed by atoms with Crippen LogP contribution >= 0.6 is 0 Å². The topological polar surface area (TPSA) is 66.8 Å². The van der Waals surface area contributed by atoms with Gasteiger partial charge in [0.25, 0.3) is 0 Å². The zero-order chi connectivity index (χ0) is 16.0. The number of carbonyl (C=O) groups excluding carboxylic acids is 1. The van der Waals surface area contributed by atoms with E-state index in [0.29, 0.717) is 6.61 Å². The average molecular weight is 311 g/mol. The van der Waals surface area contributed by atoms with Crippen molar-refractivity contribution in [3.05, 3.63) is 0 Å². The standard InChI is InChI=1S/C13H20F3NO4/c1-2-3-4-5-21-8-11(18)17-6-9(12(19)20)10(7-17)13(14,15)16/h9-10H,2-8H2,1H3,(H,19,20)/t9-,10-/m1/s1. The Morgan fingerprint density at radius 3 is 2.43 bits per heavy atom. The molecule has 8 heteroatoms. The molecule has 0 aliphatic carbocycles. The molecule has 0 aromatic rings. The van der Waals surface area contributed by atoms with Crippen molar-refractivity contribution in [1.82, 2.24) is 4.90 Å². The predicted molar refractivity (Wildman–Crippen MR) is 67.6 cm³/mol. The van der Waals surface area contributed by atoms with E-state index in [4.69, 9.17) is 9.84 Å². The molecule has 1 rings (SSSR count). The molecule has 5 nitrogen and oxygen atoms in total. The number of hydrogen-bond acceptors (Lipinski definition) is 3. The third kappa shape index (κ3) is 5.18. The van der Waals surface area contributed by atoms with E-state index >= 15 is 0 Å². The summed E-state index contributed by atoms with van der Waals surface area (Å²) >= 11 is 0. The highest BCUT2D eigenvalue weighted by atomic mass is 19.4. The highest BCUT2D eigenvalue weighted by Gasteiger charge is 2.53. The molecule has 1 aliphatic rings. The summed E-state index contributed by atoms with van der Waals surface area (Å²) < 4.78 is 43.4. The number of aliphatic carboxylic acids is 1. The van der Waals surface area contributed by atoms with E-state index in [9.17, 15) is 22.8 Å². The zero-order valence-electron chi connectivity index (χ0n) is 11.9. The lowest BCUT2D eigenvalue weighted by Crippen LogP contribution is -2.34. The van der Waals surface area contributed by atoms with E-state index in [1.165, 1.54) is 0 Å². The van der Waals surface area contributed by atoms with Gasteiger partial charge in [0.05, 0.1) is 11.8 Å². The van der Waals surface area contributed by atoms with Crippen LogP contribution in [-0.4, -0.2) is 54.4 Å². The Morgan fingerprint density at radius 1 is 1.29 bits per heavy atom. The van der Waals surface area contributed by atoms with Crippen molar-refractivity contribution in [3.8, 4) is 0 Å². The highest BCUT2D eigenvalue weighted by Crippen LogP contribution is 2.37. The molecule has 1 heterocycles. The van der Waals surface area contributed by atoms with Crippen LogP contribution in [0.1, 0.15) is 26.2 Å². The maximum absolute atomic E-state index is 12.8. The van der Waals surface area contributed by atoms with Crippen LogP contribution in [0.4, 0.5) is 13.2 Å². The van der Waals surface area contributed by atoms with Crippen molar-refractivity contribution >= 4 is 11.9 Å². The second-order valence-corrected chi connectivity index (χ2v) is 5.15. The molecule has 1 aliphatic heterocycles. The van der Waals surface area contributed by atoms with Gasteiger partial charge in [0.2, 0.25) is 5.91 Å². The van der Waals surface area contributed by atoms with Crippen LogP contribution in [0.3, 0.4) is 0 Å². The van der Waals surface area contributed by atoms with Gasteiger partial charge in [-0.1, -0.05) is 19.8 Å². The van der Waals surface area contributed by atoms with Gasteiger partial charge in [-0.25, -0.2) is 0 Å². The highest BCUT2D eigenvalue weighted by molar-refractivity contribution is 5.80. The van der Waals surface area contributed by atoms with Crippen LogP contribution in [0.2, 0.25) is 0 Å². The number of nitrogens with zero attached hydrogens (tertiary/aromatic N) is 1. The molecular formula is C13H20F3NO4. The smallest absolute Gasteiger partial charge is 0.394 e. The molecule has 0 unspecified atom stereocenters. The minimum atomic E-state index is -4.62. The number of carboxylic acid groups (broad SMARTS) is 1. The molecule has 0 saturated carbocycles. The summed E-state index contributed by atoms with van der Waals surface area (Å²) in [6.45, 7) is 1.05. The Hall–Kier alpha value is -1.31. The minimum absolute atomic E-state index is 0.305. The van der Waals surface area contributed by atoms with Gasteiger partial charge in [0.15, 0.2) is 0 Å². The summed E-state index contributed by atoms with van der Waals surface area (Å²) in [6.07, 6.45) is -1.89. The van der Waals surface area contributed by atoms with Gasteiger partial charge in [-0.2, -0.15) is 13.2 Å². The average Bonchev–Trinajstić information content (AvgIpc) is 2.83. The lowest BCUT2D eigenvalue weighted by Gasteiger charge is -2.18. The van der Waals surface area contributed by atoms with Crippen molar-refractivity contribution in [3.63, 3.8) is 0 Å². The summed E-state index contributed by atoms with van der Waals surface area (Å²) in [6, 6.07) is 0. The van der Waals surface area contributed by atoms with Crippen LogP contribution in [0.5, 0.6) is 0 Å². The molecule has 1 saturated heterocycles. The summed E-state index contributed by atoms with van der Waals surface area (Å²) in [7, 11) is 0. The van der Waals surface area contributed by atoms with Gasteiger partial charge in [-0.05, 0) is 6.42 Å². The molecule has 1 amide bonds. The number of unbranched alkanes of at least 4 members (excludes halogenated alkanes) is 2. The summed E-state index contributed by atoms with van der Waals surface area (Å²) in [4.78, 5) is 23.6. The number of halogens is 3. The first-order valence-corrected chi connectivity index (χ1v) is 6.92. The molecule has 0 spiro atoms. The first kappa shape index (κ1) is 17.7. The second-order valence-electron chi connectivity index (χ2n) is 5.15. The van der Waals surface area contributed by atoms with Crippen LogP contribution in [0, 0.1) is 11.8 Å². The predicted octanol–water partition coefficient (Wildman–Crippen LogP) is 1.91. The van der Waals surface area contributed by atoms with Crippen LogP contribution in [0.25, 0.3) is 0 Å². The fraction of sp³-hybridized carbons (Fsp3) is 0.846. The van der Waals surface area contributed by atoms with Crippen LogP contribution in [0.15, 0.2) is 0 Å². The number of likely N-dealkylation sites (tertiary alicyclic amines) is 1. The molecule has 122 valence electrons. The van der Waals surface area contributed by atoms with Gasteiger partial charge >= 0.3 is 12.1 Å². The largest absolute Gasteiger partial charge is 0.481 e. The Labute approximate surface area is 121 Å². The first-order valence-electron chi connectivity index (χ1n) is 6.92. The number of alkyl halides is 3. The fourth-order valence-electron chi connectivity index (χ4n) is 2.29. The van der Waals surface area contributed by atoms with Gasteiger partial charge in [0.1, 0.15) is 6.61 Å². The third-order valence-electron chi connectivity index (χ3n) is 3.53. The number of rotatable bonds is 7. The van der Waals surface area contributed by atoms with Gasteiger partial charge in [0, 0.05) is 19.7 Å². The van der Waals surface area contributed by atoms with Crippen molar-refractivity contribution in [2.24, 2.45) is 11.8 Å². The third-order valence-corrected chi connectivity index (χ3v) is 3.53. The van der Waals surface area contributed by atoms with E-state index in [1.54, 1.807) is 0 Å². The zero-order valence-corrected chi connectivity index (χ0v) is 11.9. The molecule has 1 N–H and O–H groups in total. The van der Waals surface area contributed by atoms with E-state index < -0.39 is 43.0 Å². The Kier molecular flexibility index (Phi) is 6.44. The van der Waals surface area contributed by atoms with E-state index in [2.05, 4.69) is 0 Å². The summed E-state index contributed by atoms with van der Waals surface area (Å²) in [5.41, 5.74) is 0. The summed E-state index contributed by atoms with van der Waals surface area (Å²) in [5.74, 6) is -5.74. The van der Waals surface area contributed by atoms with Crippen LogP contribution in [-0.2, 0) is 14.3 Å². The Morgan fingerprint density at radius 2 is 1.95 bits per heavy atom. The van der Waals surface area contributed by atoms with Crippen molar-refractivity contribution in [2.75, 3.05) is 26.3 Å². The normalized spacial score (nSPS) is 22.6. The lowest BCUT2D eigenvalue weighted by atomic mass is 9.96. The quantitative estimate of drug-likeness (QED) is 0.729. The maximum atomic E-state index is 12.8. The maximum Gasteiger partial charge on any atom is 0.394 e. The van der Waals surface area contributed by atoms with Crippen LogP contribution < -0.4 is 0 Å². The molecule has 21 heavy (non-hydrogen) atoms. The molecule has 0 aromatic carbocycles. The molecular weight excluding hydrogens is 291 g/mol. The number of amides is 1. The second kappa shape index (κ2) is 7.63. The lowest BCUT2D eigenvalue weighted by molar-refractivity contribution is -0.188. The van der Waals surface area contributed by atoms with Crippen molar-refractivity contribution in [1.29, 1.82) is 0 Å². The molecule has 2 atom stereocenters. The summed E-state index contributed by atoms with van der Waals surface area (Å²) in [5, 5.41) is 8.85. The van der Waals surface area contributed by atoms with E-state index in [0.717, 1.165) is 24.2 Å². The Bertz CT molecular complexity index is 373. The number of hydrogen-bond donors (Lipinski definition) is 1. The SMILES string of the molecule is CCCCCOCC(=O)N1C[C@@H](C(F)(F)F)[C@H](C(=O)O)C1. The van der Waals surface area contributed by atoms with Gasteiger partial charge < -0.3 is 14.7 Å². The van der Waals surface area contributed by atoms with E-state index in [1.807, 2.05) is 6.92 Å². The fourth-order valence-corrected chi connectivity index (χ4v) is 2.29. The van der Waals surface area contributed by atoms with Gasteiger partial charge in [-0.15, -0.1) is 0 Å². The minimum Gasteiger partial charge on any atom is -0.481 e. The number of carbonyl (C=O) groups is 2. The van der Waals surface area contributed by atoms with E-state index in [-0.39, 0.29) is 6.61 Å². The molecule has 0 aromatic heterocycles. The van der Waals surface area contributed by atoms with Crippen molar-refractivity contribution < 1.29 is 32.6 Å². The molecule has 0 bridgehead atoms. The number of ether oxygens (including phenoxy) is 1. The molecule has 1 fully saturated rings. The molecule has 0 radical (unpaired) electrons. The monoisotopic (exact) mass is 311 g/mol. The van der Waals surface area contributed by atoms with Gasteiger partial charge in [-0.3, -0.25) is 9.59 Å². The first-order chi connectivity index (χ1) is 9.77. The number of carboxylic acids is 1.